The second-order valence-corrected chi connectivity index (χ2v) is 5.14. The summed E-state index contributed by atoms with van der Waals surface area (Å²) in [6.45, 7) is 1.92. The van der Waals surface area contributed by atoms with Crippen LogP contribution in [0.1, 0.15) is 17.0 Å². The monoisotopic (exact) mass is 274 g/mol. The maximum atomic E-state index is 11.3. The van der Waals surface area contributed by atoms with E-state index >= 15 is 0 Å². The van der Waals surface area contributed by atoms with Crippen molar-refractivity contribution >= 4 is 17.7 Å². The van der Waals surface area contributed by atoms with E-state index in [-0.39, 0.29) is 0 Å². The van der Waals surface area contributed by atoms with Crippen molar-refractivity contribution < 1.29 is 9.90 Å². The van der Waals surface area contributed by atoms with E-state index in [1.807, 2.05) is 37.3 Å². The largest absolute Gasteiger partial charge is 0.481 e. The number of benzene rings is 1. The van der Waals surface area contributed by atoms with Crippen LogP contribution in [0.2, 0.25) is 0 Å². The number of hydrogen-bond donors (Lipinski definition) is 1. The van der Waals surface area contributed by atoms with Gasteiger partial charge >= 0.3 is 5.97 Å². The first kappa shape index (κ1) is 13.5. The van der Waals surface area contributed by atoms with Gasteiger partial charge in [-0.2, -0.15) is 0 Å². The van der Waals surface area contributed by atoms with Gasteiger partial charge in [-0.3, -0.25) is 4.79 Å². The average molecular weight is 274 g/mol. The number of carboxylic acids is 1. The summed E-state index contributed by atoms with van der Waals surface area (Å²) in [5, 5.41) is 9.90. The molecule has 5 heteroatoms. The number of aromatic nitrogens is 2. The number of carbonyl (C=O) groups is 1. The van der Waals surface area contributed by atoms with Crippen molar-refractivity contribution in [3.63, 3.8) is 0 Å². The molecule has 0 aliphatic rings. The maximum absolute atomic E-state index is 11.3. The number of aliphatic carboxylic acids is 1. The molecule has 0 fully saturated rings. The molecule has 0 radical (unpaired) electrons. The zero-order chi connectivity index (χ0) is 13.7. The van der Waals surface area contributed by atoms with E-state index in [9.17, 15) is 9.90 Å². The molecule has 98 valence electrons. The SMILES string of the molecule is Cc1cnc(SCC(C(=O)O)c2ccccc2)nc1. The molecule has 0 saturated carbocycles. The summed E-state index contributed by atoms with van der Waals surface area (Å²) in [6, 6.07) is 9.22. The lowest BCUT2D eigenvalue weighted by Gasteiger charge is -2.11. The molecule has 4 nitrogen and oxygen atoms in total. The van der Waals surface area contributed by atoms with Crippen molar-refractivity contribution in [2.75, 3.05) is 5.75 Å². The normalized spacial score (nSPS) is 12.1. The van der Waals surface area contributed by atoms with Gasteiger partial charge in [-0.1, -0.05) is 42.1 Å². The van der Waals surface area contributed by atoms with Crippen LogP contribution in [0.4, 0.5) is 0 Å². The molecule has 1 atom stereocenters. The minimum absolute atomic E-state index is 0.419. The van der Waals surface area contributed by atoms with Gasteiger partial charge in [-0.15, -0.1) is 0 Å². The maximum Gasteiger partial charge on any atom is 0.311 e. The van der Waals surface area contributed by atoms with Crippen molar-refractivity contribution in [1.82, 2.24) is 9.97 Å². The van der Waals surface area contributed by atoms with Gasteiger partial charge in [0.25, 0.3) is 0 Å². The first-order chi connectivity index (χ1) is 9.16. The molecule has 2 rings (SSSR count). The first-order valence-corrected chi connectivity index (χ1v) is 6.84. The Morgan fingerprint density at radius 3 is 2.47 bits per heavy atom. The molecule has 1 aromatic heterocycles. The van der Waals surface area contributed by atoms with Crippen LogP contribution < -0.4 is 0 Å². The molecular formula is C14H14N2O2S. The number of hydrogen-bond acceptors (Lipinski definition) is 4. The van der Waals surface area contributed by atoms with Crippen LogP contribution in [0, 0.1) is 6.92 Å². The van der Waals surface area contributed by atoms with E-state index in [0.717, 1.165) is 11.1 Å². The molecule has 2 aromatic rings. The minimum atomic E-state index is -0.828. The zero-order valence-electron chi connectivity index (χ0n) is 10.5. The highest BCUT2D eigenvalue weighted by molar-refractivity contribution is 7.99. The fraction of sp³-hybridized carbons (Fsp3) is 0.214. The van der Waals surface area contributed by atoms with E-state index in [1.165, 1.54) is 11.8 Å². The number of nitrogens with zero attached hydrogens (tertiary/aromatic N) is 2. The van der Waals surface area contributed by atoms with Gasteiger partial charge in [-0.25, -0.2) is 9.97 Å². The van der Waals surface area contributed by atoms with Crippen LogP contribution in [-0.2, 0) is 4.79 Å². The second kappa shape index (κ2) is 6.33. The Morgan fingerprint density at radius 2 is 1.89 bits per heavy atom. The smallest absolute Gasteiger partial charge is 0.311 e. The van der Waals surface area contributed by atoms with Crippen LogP contribution in [0.25, 0.3) is 0 Å². The second-order valence-electron chi connectivity index (χ2n) is 4.16. The summed E-state index contributed by atoms with van der Waals surface area (Å²) in [5.74, 6) is -0.954. The van der Waals surface area contributed by atoms with Gasteiger partial charge in [-0.05, 0) is 18.1 Å². The molecule has 0 saturated heterocycles. The van der Waals surface area contributed by atoms with E-state index in [1.54, 1.807) is 12.4 Å². The molecule has 19 heavy (non-hydrogen) atoms. The molecule has 1 N–H and O–H groups in total. The standard InChI is InChI=1S/C14H14N2O2S/c1-10-7-15-14(16-8-10)19-9-12(13(17)18)11-5-3-2-4-6-11/h2-8,12H,9H2,1H3,(H,17,18). The summed E-state index contributed by atoms with van der Waals surface area (Å²) in [4.78, 5) is 19.6. The van der Waals surface area contributed by atoms with Crippen LogP contribution >= 0.6 is 11.8 Å². The molecule has 0 amide bonds. The van der Waals surface area contributed by atoms with Crippen molar-refractivity contribution in [2.24, 2.45) is 0 Å². The Kier molecular flexibility index (Phi) is 4.52. The Labute approximate surface area is 115 Å². The average Bonchev–Trinajstić information content (AvgIpc) is 2.42. The summed E-state index contributed by atoms with van der Waals surface area (Å²) in [7, 11) is 0. The lowest BCUT2D eigenvalue weighted by molar-refractivity contribution is -0.138. The Bertz CT molecular complexity index is 543. The third-order valence-corrected chi connectivity index (χ3v) is 3.61. The predicted octanol–water partition coefficient (Wildman–Crippen LogP) is 2.75. The lowest BCUT2D eigenvalue weighted by Crippen LogP contribution is -2.14. The van der Waals surface area contributed by atoms with Crippen LogP contribution in [0.3, 0.4) is 0 Å². The topological polar surface area (TPSA) is 63.1 Å². The third kappa shape index (κ3) is 3.79. The first-order valence-electron chi connectivity index (χ1n) is 5.86. The lowest BCUT2D eigenvalue weighted by atomic mass is 10.0. The Morgan fingerprint density at radius 1 is 1.26 bits per heavy atom. The van der Waals surface area contributed by atoms with Gasteiger partial charge in [0.1, 0.15) is 0 Å². The van der Waals surface area contributed by atoms with Gasteiger partial charge < -0.3 is 5.11 Å². The summed E-state index contributed by atoms with van der Waals surface area (Å²) in [6.07, 6.45) is 3.46. The van der Waals surface area contributed by atoms with E-state index < -0.39 is 11.9 Å². The summed E-state index contributed by atoms with van der Waals surface area (Å²) >= 11 is 1.36. The third-order valence-electron chi connectivity index (χ3n) is 2.64. The zero-order valence-corrected chi connectivity index (χ0v) is 11.3. The van der Waals surface area contributed by atoms with E-state index in [2.05, 4.69) is 9.97 Å². The highest BCUT2D eigenvalue weighted by Gasteiger charge is 2.20. The molecule has 0 spiro atoms. The Hall–Kier alpha value is -1.88. The Balaban J connectivity index is 2.06. The van der Waals surface area contributed by atoms with Crippen molar-refractivity contribution in [3.8, 4) is 0 Å². The fourth-order valence-corrected chi connectivity index (χ4v) is 2.51. The number of thioether (sulfide) groups is 1. The van der Waals surface area contributed by atoms with Gasteiger partial charge in [0, 0.05) is 18.1 Å². The quantitative estimate of drug-likeness (QED) is 0.671. The number of rotatable bonds is 5. The summed E-state index contributed by atoms with van der Waals surface area (Å²) < 4.78 is 0. The van der Waals surface area contributed by atoms with Crippen LogP contribution in [0.15, 0.2) is 47.9 Å². The highest BCUT2D eigenvalue weighted by atomic mass is 32.2. The number of aryl methyl sites for hydroxylation is 1. The van der Waals surface area contributed by atoms with Gasteiger partial charge in [0.15, 0.2) is 5.16 Å². The van der Waals surface area contributed by atoms with Crippen LogP contribution in [0.5, 0.6) is 0 Å². The van der Waals surface area contributed by atoms with Gasteiger partial charge in [0.2, 0.25) is 0 Å². The van der Waals surface area contributed by atoms with Crippen molar-refractivity contribution in [3.05, 3.63) is 53.9 Å². The molecule has 1 heterocycles. The van der Waals surface area contributed by atoms with Crippen molar-refractivity contribution in [1.29, 1.82) is 0 Å². The molecule has 0 bridgehead atoms. The summed E-state index contributed by atoms with van der Waals surface area (Å²) in [5.41, 5.74) is 1.79. The molecule has 1 unspecified atom stereocenters. The minimum Gasteiger partial charge on any atom is -0.481 e. The number of carboxylic acid groups (broad SMARTS) is 1. The van der Waals surface area contributed by atoms with E-state index in [4.69, 9.17) is 0 Å². The van der Waals surface area contributed by atoms with E-state index in [0.29, 0.717) is 10.9 Å². The fourth-order valence-electron chi connectivity index (χ4n) is 1.61. The van der Waals surface area contributed by atoms with Crippen molar-refractivity contribution in [2.45, 2.75) is 18.0 Å². The highest BCUT2D eigenvalue weighted by Crippen LogP contribution is 2.24. The predicted molar refractivity (Wildman–Crippen MR) is 74.3 cm³/mol. The molecule has 0 aliphatic heterocycles. The van der Waals surface area contributed by atoms with Crippen LogP contribution in [-0.4, -0.2) is 26.8 Å². The molecular weight excluding hydrogens is 260 g/mol. The molecule has 0 aliphatic carbocycles. The molecule has 1 aromatic carbocycles. The van der Waals surface area contributed by atoms with Gasteiger partial charge in [0.05, 0.1) is 5.92 Å².